The SMILES string of the molecule is C[C@H]1C(=O)C[C@H]2[C@H]1C[C@H](C(C)(C)O[C@@H]1O[C@H](CO)[C@@H](O)[C@H](O)[C@H]1O)CC[C@]2(O)CO. The third-order valence-corrected chi connectivity index (χ3v) is 7.79. The molecule has 0 aromatic rings. The minimum Gasteiger partial charge on any atom is -0.394 e. The summed E-state index contributed by atoms with van der Waals surface area (Å²) in [4.78, 5) is 12.4. The van der Waals surface area contributed by atoms with Crippen LogP contribution < -0.4 is 0 Å². The largest absolute Gasteiger partial charge is 0.394 e. The minimum absolute atomic E-state index is 0.0881. The predicted molar refractivity (Wildman–Crippen MR) is 104 cm³/mol. The zero-order valence-corrected chi connectivity index (χ0v) is 17.8. The second kappa shape index (κ2) is 8.71. The first-order valence-electron chi connectivity index (χ1n) is 10.8. The van der Waals surface area contributed by atoms with Crippen LogP contribution in [0, 0.1) is 23.7 Å². The maximum absolute atomic E-state index is 12.4. The number of carbonyl (C=O) groups is 1. The molecule has 1 heterocycles. The van der Waals surface area contributed by atoms with E-state index in [0.29, 0.717) is 19.3 Å². The Morgan fingerprint density at radius 2 is 1.83 bits per heavy atom. The molecule has 0 spiro atoms. The van der Waals surface area contributed by atoms with Crippen LogP contribution >= 0.6 is 0 Å². The molecule has 10 atom stereocenters. The van der Waals surface area contributed by atoms with E-state index < -0.39 is 55.1 Å². The molecule has 0 unspecified atom stereocenters. The molecule has 0 aromatic carbocycles. The highest BCUT2D eigenvalue weighted by atomic mass is 16.7. The van der Waals surface area contributed by atoms with Crippen LogP contribution in [0.25, 0.3) is 0 Å². The van der Waals surface area contributed by atoms with Crippen LogP contribution in [0.3, 0.4) is 0 Å². The lowest BCUT2D eigenvalue weighted by Gasteiger charge is -2.45. The lowest BCUT2D eigenvalue weighted by atomic mass is 9.76. The number of Topliss-reactive ketones (excluding diaryl/α,β-unsaturated/α-hetero) is 1. The summed E-state index contributed by atoms with van der Waals surface area (Å²) in [7, 11) is 0. The second-order valence-electron chi connectivity index (χ2n) is 9.88. The second-order valence-corrected chi connectivity index (χ2v) is 9.88. The quantitative estimate of drug-likeness (QED) is 0.319. The van der Waals surface area contributed by atoms with Gasteiger partial charge in [-0.1, -0.05) is 6.92 Å². The molecule has 2 saturated carbocycles. The highest BCUT2D eigenvalue weighted by Crippen LogP contribution is 2.51. The smallest absolute Gasteiger partial charge is 0.187 e. The predicted octanol–water partition coefficient (Wildman–Crippen LogP) is -1.05. The van der Waals surface area contributed by atoms with Gasteiger partial charge < -0.3 is 40.1 Å². The Labute approximate surface area is 176 Å². The number of aliphatic hydroxyl groups excluding tert-OH is 5. The van der Waals surface area contributed by atoms with Gasteiger partial charge in [0, 0.05) is 18.3 Å². The molecule has 3 aliphatic rings. The summed E-state index contributed by atoms with van der Waals surface area (Å²) >= 11 is 0. The molecule has 9 nitrogen and oxygen atoms in total. The van der Waals surface area contributed by atoms with Gasteiger partial charge in [-0.05, 0) is 44.9 Å². The van der Waals surface area contributed by atoms with Gasteiger partial charge >= 0.3 is 0 Å². The summed E-state index contributed by atoms with van der Waals surface area (Å²) in [6, 6.07) is 0. The number of ketones is 1. The molecular formula is C21H36O9. The monoisotopic (exact) mass is 432 g/mol. The molecule has 2 aliphatic carbocycles. The fourth-order valence-corrected chi connectivity index (χ4v) is 5.54. The van der Waals surface area contributed by atoms with Crippen molar-refractivity contribution < 1.29 is 44.9 Å². The fraction of sp³-hybridized carbons (Fsp3) is 0.952. The third kappa shape index (κ3) is 4.19. The Balaban J connectivity index is 1.79. The van der Waals surface area contributed by atoms with Crippen LogP contribution in [-0.4, -0.2) is 91.5 Å². The lowest BCUT2D eigenvalue weighted by Crippen LogP contribution is -2.60. The van der Waals surface area contributed by atoms with Crippen molar-refractivity contribution in [3.63, 3.8) is 0 Å². The van der Waals surface area contributed by atoms with Crippen molar-refractivity contribution in [3.8, 4) is 0 Å². The highest BCUT2D eigenvalue weighted by Gasteiger charge is 2.54. The number of hydrogen-bond acceptors (Lipinski definition) is 9. The van der Waals surface area contributed by atoms with E-state index in [4.69, 9.17) is 9.47 Å². The molecule has 0 radical (unpaired) electrons. The molecule has 0 aromatic heterocycles. The van der Waals surface area contributed by atoms with Gasteiger partial charge in [0.25, 0.3) is 0 Å². The van der Waals surface area contributed by atoms with Crippen LogP contribution in [0.4, 0.5) is 0 Å². The van der Waals surface area contributed by atoms with Crippen molar-refractivity contribution in [2.24, 2.45) is 23.7 Å². The van der Waals surface area contributed by atoms with Gasteiger partial charge in [0.05, 0.1) is 24.4 Å². The molecule has 1 saturated heterocycles. The summed E-state index contributed by atoms with van der Waals surface area (Å²) in [5.74, 6) is -0.661. The Kier molecular flexibility index (Phi) is 6.97. The van der Waals surface area contributed by atoms with Crippen molar-refractivity contribution in [1.82, 2.24) is 0 Å². The molecule has 3 fully saturated rings. The summed E-state index contributed by atoms with van der Waals surface area (Å²) in [6.07, 6.45) is -5.09. The number of ether oxygens (including phenoxy) is 2. The van der Waals surface area contributed by atoms with Gasteiger partial charge in [0.15, 0.2) is 6.29 Å². The number of fused-ring (bicyclic) bond motifs is 1. The van der Waals surface area contributed by atoms with Crippen LogP contribution in [0.2, 0.25) is 0 Å². The van der Waals surface area contributed by atoms with E-state index in [1.807, 2.05) is 20.8 Å². The number of carbonyl (C=O) groups excluding carboxylic acids is 1. The number of aliphatic hydroxyl groups is 6. The molecule has 9 heteroatoms. The first kappa shape index (κ1) is 24.0. The number of rotatable bonds is 5. The van der Waals surface area contributed by atoms with Crippen molar-refractivity contribution in [1.29, 1.82) is 0 Å². The van der Waals surface area contributed by atoms with Gasteiger partial charge in [-0.15, -0.1) is 0 Å². The molecule has 30 heavy (non-hydrogen) atoms. The molecule has 174 valence electrons. The molecule has 1 aliphatic heterocycles. The summed E-state index contributed by atoms with van der Waals surface area (Å²) in [5.41, 5.74) is -2.19. The zero-order valence-electron chi connectivity index (χ0n) is 17.8. The van der Waals surface area contributed by atoms with Gasteiger partial charge in [0.2, 0.25) is 0 Å². The highest BCUT2D eigenvalue weighted by molar-refractivity contribution is 5.83. The van der Waals surface area contributed by atoms with Crippen LogP contribution in [0.15, 0.2) is 0 Å². The standard InChI is InChI=1S/C21H36O9/c1-10-12-6-11(4-5-21(28,9-23)13(12)7-14(10)24)20(2,3)30-19-18(27)17(26)16(25)15(8-22)29-19/h10-13,15-19,22-23,25-28H,4-9H2,1-3H3/t10-,11-,12+,13+,15-,16-,17+,18-,19+,21+/m1/s1. The van der Waals surface area contributed by atoms with Crippen molar-refractivity contribution in [3.05, 3.63) is 0 Å². The fourth-order valence-electron chi connectivity index (χ4n) is 5.54. The molecule has 3 rings (SSSR count). The zero-order chi connectivity index (χ0) is 22.4. The van der Waals surface area contributed by atoms with Crippen molar-refractivity contribution in [2.45, 2.75) is 88.4 Å². The average Bonchev–Trinajstić information content (AvgIpc) is 2.90. The Bertz CT molecular complexity index is 624. The Morgan fingerprint density at radius 1 is 1.17 bits per heavy atom. The van der Waals surface area contributed by atoms with Crippen LogP contribution in [0.5, 0.6) is 0 Å². The van der Waals surface area contributed by atoms with Crippen LogP contribution in [-0.2, 0) is 14.3 Å². The van der Waals surface area contributed by atoms with E-state index >= 15 is 0 Å². The summed E-state index contributed by atoms with van der Waals surface area (Å²) in [5, 5.41) is 60.6. The maximum atomic E-state index is 12.4. The van der Waals surface area contributed by atoms with E-state index in [1.54, 1.807) is 0 Å². The van der Waals surface area contributed by atoms with Crippen molar-refractivity contribution >= 4 is 5.78 Å². The van der Waals surface area contributed by atoms with Crippen LogP contribution in [0.1, 0.15) is 46.5 Å². The summed E-state index contributed by atoms with van der Waals surface area (Å²) < 4.78 is 11.6. The van der Waals surface area contributed by atoms with E-state index in [0.717, 1.165) is 0 Å². The van der Waals surface area contributed by atoms with E-state index in [2.05, 4.69) is 0 Å². The van der Waals surface area contributed by atoms with E-state index in [-0.39, 0.29) is 35.9 Å². The van der Waals surface area contributed by atoms with E-state index in [9.17, 15) is 35.4 Å². The molecular weight excluding hydrogens is 396 g/mol. The number of hydrogen-bond donors (Lipinski definition) is 6. The van der Waals surface area contributed by atoms with Gasteiger partial charge in [-0.25, -0.2) is 0 Å². The first-order valence-corrected chi connectivity index (χ1v) is 10.8. The average molecular weight is 433 g/mol. The summed E-state index contributed by atoms with van der Waals surface area (Å²) in [6.45, 7) is 4.55. The van der Waals surface area contributed by atoms with Gasteiger partial charge in [0.1, 0.15) is 30.2 Å². The molecule has 0 amide bonds. The van der Waals surface area contributed by atoms with Gasteiger partial charge in [-0.3, -0.25) is 4.79 Å². The lowest BCUT2D eigenvalue weighted by molar-refractivity contribution is -0.329. The minimum atomic E-state index is -1.53. The third-order valence-electron chi connectivity index (χ3n) is 7.79. The van der Waals surface area contributed by atoms with E-state index in [1.165, 1.54) is 0 Å². The Hall–Kier alpha value is -0.650. The van der Waals surface area contributed by atoms with Gasteiger partial charge in [-0.2, -0.15) is 0 Å². The normalized spacial score (nSPS) is 47.8. The first-order chi connectivity index (χ1) is 13.9. The molecule has 6 N–H and O–H groups in total. The topological polar surface area (TPSA) is 157 Å². The Morgan fingerprint density at radius 3 is 2.43 bits per heavy atom. The maximum Gasteiger partial charge on any atom is 0.187 e. The van der Waals surface area contributed by atoms with Crippen molar-refractivity contribution in [2.75, 3.05) is 13.2 Å². The molecule has 0 bridgehead atoms.